The molecule has 0 atom stereocenters. The van der Waals surface area contributed by atoms with Crippen molar-refractivity contribution in [2.75, 3.05) is 11.1 Å². The molecule has 0 aliphatic carbocycles. The molecule has 2 rings (SSSR count). The smallest absolute Gasteiger partial charge is 0.227 e. The van der Waals surface area contributed by atoms with Crippen LogP contribution < -0.4 is 11.1 Å². The Hall–Kier alpha value is -1.87. The Balaban J connectivity index is 1.78. The fourth-order valence-corrected chi connectivity index (χ4v) is 3.62. The first-order chi connectivity index (χ1) is 10.5. The second-order valence-electron chi connectivity index (χ2n) is 4.60. The molecule has 118 valence electrons. The highest BCUT2D eigenvalue weighted by Gasteiger charge is 2.11. The molecule has 0 aliphatic heterocycles. The van der Waals surface area contributed by atoms with E-state index < -0.39 is 0 Å². The van der Waals surface area contributed by atoms with Crippen LogP contribution in [0.15, 0.2) is 22.9 Å². The molecule has 22 heavy (non-hydrogen) atoms. The number of carbonyl (C=O) groups is 2. The van der Waals surface area contributed by atoms with Crippen molar-refractivity contribution in [1.82, 2.24) is 14.5 Å². The zero-order valence-electron chi connectivity index (χ0n) is 12.1. The first kappa shape index (κ1) is 16.5. The van der Waals surface area contributed by atoms with E-state index in [1.54, 1.807) is 12.5 Å². The molecule has 0 bridgehead atoms. The van der Waals surface area contributed by atoms with Crippen LogP contribution in [0.25, 0.3) is 0 Å². The summed E-state index contributed by atoms with van der Waals surface area (Å²) in [7, 11) is 0. The molecule has 0 saturated carbocycles. The molecular weight excluding hydrogens is 322 g/mol. The van der Waals surface area contributed by atoms with Gasteiger partial charge in [0.25, 0.3) is 0 Å². The van der Waals surface area contributed by atoms with E-state index in [-0.39, 0.29) is 17.6 Å². The fourth-order valence-electron chi connectivity index (χ4n) is 1.73. The van der Waals surface area contributed by atoms with Crippen molar-refractivity contribution < 1.29 is 9.59 Å². The minimum Gasteiger partial charge on any atom is -0.369 e. The quantitative estimate of drug-likeness (QED) is 0.712. The monoisotopic (exact) mass is 339 g/mol. The molecule has 0 saturated heterocycles. The number of amides is 2. The summed E-state index contributed by atoms with van der Waals surface area (Å²) in [4.78, 5) is 30.9. The van der Waals surface area contributed by atoms with Gasteiger partial charge in [0.1, 0.15) is 0 Å². The molecule has 3 N–H and O–H groups in total. The Labute approximate surface area is 136 Å². The van der Waals surface area contributed by atoms with Gasteiger partial charge in [-0.3, -0.25) is 9.59 Å². The van der Waals surface area contributed by atoms with Crippen molar-refractivity contribution in [2.45, 2.75) is 30.5 Å². The number of carbonyl (C=O) groups excluding carboxylic acids is 2. The standard InChI is InChI=1S/C13H17N5O2S2/c1-9-12(21-7-10(14)19)22-13(16-9)17-11(20)3-2-5-18-6-4-15-8-18/h4,6,8H,2-3,5,7H2,1H3,(H2,14,19)(H,16,17,20). The molecule has 7 nitrogen and oxygen atoms in total. The van der Waals surface area contributed by atoms with Crippen molar-refractivity contribution in [3.63, 3.8) is 0 Å². The number of nitrogens with zero attached hydrogens (tertiary/aromatic N) is 3. The second kappa shape index (κ2) is 7.95. The highest BCUT2D eigenvalue weighted by atomic mass is 32.2. The van der Waals surface area contributed by atoms with Crippen LogP contribution in [-0.4, -0.2) is 32.1 Å². The van der Waals surface area contributed by atoms with Crippen LogP contribution in [0.1, 0.15) is 18.5 Å². The van der Waals surface area contributed by atoms with E-state index in [1.807, 2.05) is 17.7 Å². The summed E-state index contributed by atoms with van der Waals surface area (Å²) >= 11 is 2.70. The van der Waals surface area contributed by atoms with Gasteiger partial charge in [0.15, 0.2) is 5.13 Å². The molecule has 2 amide bonds. The number of hydrogen-bond donors (Lipinski definition) is 2. The number of aromatic nitrogens is 3. The number of nitrogens with one attached hydrogen (secondary N) is 1. The second-order valence-corrected chi connectivity index (χ2v) is 6.84. The lowest BCUT2D eigenvalue weighted by molar-refractivity contribution is -0.116. The normalized spacial score (nSPS) is 10.6. The number of rotatable bonds is 8. The molecule has 0 fully saturated rings. The van der Waals surface area contributed by atoms with E-state index in [2.05, 4.69) is 15.3 Å². The third-order valence-corrected chi connectivity index (χ3v) is 5.18. The number of imidazole rings is 1. The molecule has 2 heterocycles. The lowest BCUT2D eigenvalue weighted by Crippen LogP contribution is -2.12. The summed E-state index contributed by atoms with van der Waals surface area (Å²) in [5.41, 5.74) is 5.92. The lowest BCUT2D eigenvalue weighted by atomic mass is 10.3. The highest BCUT2D eigenvalue weighted by Crippen LogP contribution is 2.31. The van der Waals surface area contributed by atoms with Gasteiger partial charge in [0.05, 0.1) is 22.0 Å². The van der Waals surface area contributed by atoms with E-state index in [0.29, 0.717) is 11.6 Å². The maximum Gasteiger partial charge on any atom is 0.227 e. The summed E-state index contributed by atoms with van der Waals surface area (Å²) in [5.74, 6) is -0.232. The van der Waals surface area contributed by atoms with Gasteiger partial charge in [0, 0.05) is 25.4 Å². The SMILES string of the molecule is Cc1nc(NC(=O)CCCn2ccnc2)sc1SCC(N)=O. The number of primary amides is 1. The third-order valence-electron chi connectivity index (χ3n) is 2.73. The maximum atomic E-state index is 11.9. The molecule has 2 aromatic heterocycles. The van der Waals surface area contributed by atoms with Crippen LogP contribution in [0, 0.1) is 6.92 Å². The minimum atomic E-state index is -0.372. The molecule has 0 aromatic carbocycles. The van der Waals surface area contributed by atoms with E-state index in [9.17, 15) is 9.59 Å². The minimum absolute atomic E-state index is 0.0692. The average Bonchev–Trinajstić information content (AvgIpc) is 3.06. The van der Waals surface area contributed by atoms with Crippen LogP contribution in [0.4, 0.5) is 5.13 Å². The van der Waals surface area contributed by atoms with Gasteiger partial charge < -0.3 is 15.6 Å². The summed E-state index contributed by atoms with van der Waals surface area (Å²) in [6.45, 7) is 2.60. The van der Waals surface area contributed by atoms with Crippen LogP contribution in [-0.2, 0) is 16.1 Å². The Bertz CT molecular complexity index is 639. The van der Waals surface area contributed by atoms with Crippen molar-refractivity contribution in [3.8, 4) is 0 Å². The predicted octanol–water partition coefficient (Wildman–Crippen LogP) is 1.64. The van der Waals surface area contributed by atoms with Crippen LogP contribution >= 0.6 is 23.1 Å². The summed E-state index contributed by atoms with van der Waals surface area (Å²) in [5, 5.41) is 3.34. The van der Waals surface area contributed by atoms with E-state index in [4.69, 9.17) is 5.73 Å². The molecular formula is C13H17N5O2S2. The van der Waals surface area contributed by atoms with E-state index >= 15 is 0 Å². The average molecular weight is 339 g/mol. The molecule has 0 unspecified atom stereocenters. The Morgan fingerprint density at radius 2 is 2.32 bits per heavy atom. The Morgan fingerprint density at radius 3 is 3.00 bits per heavy atom. The number of aryl methyl sites for hydroxylation is 2. The van der Waals surface area contributed by atoms with Gasteiger partial charge in [-0.2, -0.15) is 0 Å². The van der Waals surface area contributed by atoms with Crippen molar-refractivity contribution >= 4 is 40.0 Å². The van der Waals surface area contributed by atoms with Gasteiger partial charge in [-0.25, -0.2) is 9.97 Å². The van der Waals surface area contributed by atoms with Crippen LogP contribution in [0.5, 0.6) is 0 Å². The van der Waals surface area contributed by atoms with E-state index in [0.717, 1.165) is 22.9 Å². The van der Waals surface area contributed by atoms with Crippen LogP contribution in [0.2, 0.25) is 0 Å². The van der Waals surface area contributed by atoms with Crippen molar-refractivity contribution in [3.05, 3.63) is 24.4 Å². The Kier molecular flexibility index (Phi) is 5.96. The molecule has 0 radical (unpaired) electrons. The van der Waals surface area contributed by atoms with Crippen molar-refractivity contribution in [1.29, 1.82) is 0 Å². The first-order valence-electron chi connectivity index (χ1n) is 6.68. The topological polar surface area (TPSA) is 103 Å². The number of thioether (sulfide) groups is 1. The lowest BCUT2D eigenvalue weighted by Gasteiger charge is -2.02. The van der Waals surface area contributed by atoms with Crippen LogP contribution in [0.3, 0.4) is 0 Å². The van der Waals surface area contributed by atoms with E-state index in [1.165, 1.54) is 23.1 Å². The summed E-state index contributed by atoms with van der Waals surface area (Å²) in [6, 6.07) is 0. The number of thiazole rings is 1. The maximum absolute atomic E-state index is 11.9. The van der Waals surface area contributed by atoms with Gasteiger partial charge in [0.2, 0.25) is 11.8 Å². The summed E-state index contributed by atoms with van der Waals surface area (Å²) < 4.78 is 2.83. The van der Waals surface area contributed by atoms with Gasteiger partial charge in [-0.1, -0.05) is 11.3 Å². The zero-order valence-corrected chi connectivity index (χ0v) is 13.7. The first-order valence-corrected chi connectivity index (χ1v) is 8.49. The Morgan fingerprint density at radius 1 is 1.50 bits per heavy atom. The fraction of sp³-hybridized carbons (Fsp3) is 0.385. The third kappa shape index (κ3) is 5.15. The van der Waals surface area contributed by atoms with Gasteiger partial charge >= 0.3 is 0 Å². The predicted molar refractivity (Wildman–Crippen MR) is 86.9 cm³/mol. The number of anilines is 1. The molecule has 2 aromatic rings. The van der Waals surface area contributed by atoms with Gasteiger partial charge in [-0.05, 0) is 13.3 Å². The zero-order chi connectivity index (χ0) is 15.9. The number of nitrogens with two attached hydrogens (primary N) is 1. The molecule has 0 spiro atoms. The molecule has 9 heteroatoms. The van der Waals surface area contributed by atoms with Crippen molar-refractivity contribution in [2.24, 2.45) is 5.73 Å². The van der Waals surface area contributed by atoms with Gasteiger partial charge in [-0.15, -0.1) is 11.8 Å². The summed E-state index contributed by atoms with van der Waals surface area (Å²) in [6.07, 6.45) is 6.45. The number of hydrogen-bond acceptors (Lipinski definition) is 6. The largest absolute Gasteiger partial charge is 0.369 e. The molecule has 0 aliphatic rings. The highest BCUT2D eigenvalue weighted by molar-refractivity contribution is 8.01.